The summed E-state index contributed by atoms with van der Waals surface area (Å²) in [5.74, 6) is 0.775. The summed E-state index contributed by atoms with van der Waals surface area (Å²) in [4.78, 5) is 0. The van der Waals surface area contributed by atoms with Gasteiger partial charge in [-0.1, -0.05) is 31.5 Å². The van der Waals surface area contributed by atoms with Crippen molar-refractivity contribution in [1.29, 1.82) is 0 Å². The maximum atomic E-state index is 13.9. The van der Waals surface area contributed by atoms with Crippen LogP contribution in [0.4, 0.5) is 4.39 Å². The van der Waals surface area contributed by atoms with Gasteiger partial charge in [-0.3, -0.25) is 0 Å². The summed E-state index contributed by atoms with van der Waals surface area (Å²) >= 11 is 0. The summed E-state index contributed by atoms with van der Waals surface area (Å²) in [5.41, 5.74) is 0.513. The van der Waals surface area contributed by atoms with Crippen molar-refractivity contribution in [2.45, 2.75) is 45.6 Å². The van der Waals surface area contributed by atoms with Gasteiger partial charge in [0.15, 0.2) is 0 Å². The van der Waals surface area contributed by atoms with Crippen molar-refractivity contribution < 1.29 is 9.50 Å². The van der Waals surface area contributed by atoms with Crippen LogP contribution in [0.25, 0.3) is 0 Å². The molecule has 17 heavy (non-hydrogen) atoms. The Morgan fingerprint density at radius 1 is 1.29 bits per heavy atom. The number of hydrogen-bond acceptors (Lipinski definition) is 1. The van der Waals surface area contributed by atoms with Gasteiger partial charge in [-0.2, -0.15) is 0 Å². The Hall–Kier alpha value is -0.890. The lowest BCUT2D eigenvalue weighted by molar-refractivity contribution is -0.0362. The third-order valence-corrected chi connectivity index (χ3v) is 4.27. The zero-order chi connectivity index (χ0) is 12.6. The number of hydrogen-bond donors (Lipinski definition) is 1. The highest BCUT2D eigenvalue weighted by Gasteiger charge is 2.38. The Labute approximate surface area is 103 Å². The van der Waals surface area contributed by atoms with Gasteiger partial charge in [-0.25, -0.2) is 4.39 Å². The molecule has 0 amide bonds. The average molecular weight is 236 g/mol. The Kier molecular flexibility index (Phi) is 3.26. The predicted molar refractivity (Wildman–Crippen MR) is 67.2 cm³/mol. The highest BCUT2D eigenvalue weighted by Crippen LogP contribution is 2.43. The zero-order valence-electron chi connectivity index (χ0n) is 10.8. The molecule has 1 aromatic rings. The van der Waals surface area contributed by atoms with Crippen LogP contribution in [-0.2, 0) is 5.60 Å². The predicted octanol–water partition coefficient (Wildman–Crippen LogP) is 3.78. The normalized spacial score (nSPS) is 33.7. The Morgan fingerprint density at radius 3 is 2.65 bits per heavy atom. The van der Waals surface area contributed by atoms with Gasteiger partial charge in [-0.05, 0) is 44.1 Å². The molecule has 94 valence electrons. The highest BCUT2D eigenvalue weighted by atomic mass is 19.1. The molecule has 1 fully saturated rings. The molecule has 3 atom stereocenters. The van der Waals surface area contributed by atoms with E-state index in [1.807, 2.05) is 6.92 Å². The molecule has 0 aromatic heterocycles. The number of rotatable bonds is 1. The van der Waals surface area contributed by atoms with Gasteiger partial charge in [0, 0.05) is 5.56 Å². The summed E-state index contributed by atoms with van der Waals surface area (Å²) in [6, 6.07) is 5.00. The third-order valence-electron chi connectivity index (χ3n) is 4.27. The van der Waals surface area contributed by atoms with Crippen LogP contribution in [0.15, 0.2) is 18.2 Å². The van der Waals surface area contributed by atoms with Crippen molar-refractivity contribution in [2.75, 3.05) is 0 Å². The fourth-order valence-corrected chi connectivity index (χ4v) is 2.83. The second kappa shape index (κ2) is 4.41. The summed E-state index contributed by atoms with van der Waals surface area (Å²) in [6.07, 6.45) is 2.29. The zero-order valence-corrected chi connectivity index (χ0v) is 10.8. The monoisotopic (exact) mass is 236 g/mol. The van der Waals surface area contributed by atoms with Crippen LogP contribution in [0.2, 0.25) is 0 Å². The molecule has 1 aromatic carbocycles. The van der Waals surface area contributed by atoms with E-state index < -0.39 is 5.60 Å². The molecule has 3 unspecified atom stereocenters. The number of aliphatic hydroxyl groups is 1. The number of aryl methyl sites for hydroxylation is 1. The van der Waals surface area contributed by atoms with Crippen LogP contribution in [0, 0.1) is 24.6 Å². The second-order valence-corrected chi connectivity index (χ2v) is 5.71. The number of benzene rings is 1. The molecule has 0 bridgehead atoms. The van der Waals surface area contributed by atoms with Crippen molar-refractivity contribution in [3.8, 4) is 0 Å². The van der Waals surface area contributed by atoms with Crippen LogP contribution >= 0.6 is 0 Å². The fraction of sp³-hybridized carbons (Fsp3) is 0.600. The van der Waals surface area contributed by atoms with E-state index >= 15 is 0 Å². The van der Waals surface area contributed by atoms with Gasteiger partial charge in [0.2, 0.25) is 0 Å². The molecule has 0 aliphatic heterocycles. The first-order valence-corrected chi connectivity index (χ1v) is 6.41. The lowest BCUT2D eigenvalue weighted by Gasteiger charge is -2.39. The molecular weight excluding hydrogens is 215 g/mol. The summed E-state index contributed by atoms with van der Waals surface area (Å²) < 4.78 is 13.9. The van der Waals surface area contributed by atoms with Crippen LogP contribution in [-0.4, -0.2) is 5.11 Å². The van der Waals surface area contributed by atoms with E-state index in [-0.39, 0.29) is 5.82 Å². The third kappa shape index (κ3) is 2.37. The summed E-state index contributed by atoms with van der Waals surface area (Å²) in [6.45, 7) is 6.28. The average Bonchev–Trinajstić information content (AvgIpc) is 2.27. The van der Waals surface area contributed by atoms with E-state index in [2.05, 4.69) is 13.8 Å². The van der Waals surface area contributed by atoms with Crippen LogP contribution in [0.1, 0.15) is 44.2 Å². The van der Waals surface area contributed by atoms with E-state index in [1.165, 1.54) is 6.07 Å². The molecule has 1 N–H and O–H groups in total. The van der Waals surface area contributed by atoms with Gasteiger partial charge < -0.3 is 5.11 Å². The minimum Gasteiger partial charge on any atom is -0.385 e. The Balaban J connectivity index is 2.35. The van der Waals surface area contributed by atoms with Crippen molar-refractivity contribution >= 4 is 0 Å². The first kappa shape index (κ1) is 12.6. The van der Waals surface area contributed by atoms with Gasteiger partial charge >= 0.3 is 0 Å². The van der Waals surface area contributed by atoms with E-state index in [1.54, 1.807) is 12.1 Å². The first-order valence-electron chi connectivity index (χ1n) is 6.41. The molecular formula is C15H21FO. The molecule has 0 radical (unpaired) electrons. The lowest BCUT2D eigenvalue weighted by atomic mass is 9.70. The van der Waals surface area contributed by atoms with E-state index in [0.29, 0.717) is 30.2 Å². The highest BCUT2D eigenvalue weighted by molar-refractivity contribution is 5.29. The maximum absolute atomic E-state index is 13.9. The minimum absolute atomic E-state index is 0.278. The Bertz CT molecular complexity index is 415. The van der Waals surface area contributed by atoms with Crippen molar-refractivity contribution in [2.24, 2.45) is 11.8 Å². The molecule has 0 heterocycles. The molecule has 1 nitrogen and oxygen atoms in total. The quantitative estimate of drug-likeness (QED) is 0.786. The van der Waals surface area contributed by atoms with Crippen molar-refractivity contribution in [3.63, 3.8) is 0 Å². The van der Waals surface area contributed by atoms with Crippen LogP contribution in [0.3, 0.4) is 0 Å². The van der Waals surface area contributed by atoms with Crippen LogP contribution < -0.4 is 0 Å². The van der Waals surface area contributed by atoms with Crippen molar-refractivity contribution in [3.05, 3.63) is 35.1 Å². The number of halogens is 1. The lowest BCUT2D eigenvalue weighted by Crippen LogP contribution is -2.36. The van der Waals surface area contributed by atoms with Gasteiger partial charge in [0.1, 0.15) is 5.82 Å². The SMILES string of the molecule is Cc1ccc(F)c(C2(O)CCC(C)C(C)C2)c1. The largest absolute Gasteiger partial charge is 0.385 e. The summed E-state index contributed by atoms with van der Waals surface area (Å²) in [5, 5.41) is 10.7. The van der Waals surface area contributed by atoms with E-state index in [0.717, 1.165) is 12.0 Å². The maximum Gasteiger partial charge on any atom is 0.129 e. The second-order valence-electron chi connectivity index (χ2n) is 5.71. The molecule has 0 saturated heterocycles. The smallest absolute Gasteiger partial charge is 0.129 e. The van der Waals surface area contributed by atoms with E-state index in [9.17, 15) is 9.50 Å². The van der Waals surface area contributed by atoms with Gasteiger partial charge in [-0.15, -0.1) is 0 Å². The van der Waals surface area contributed by atoms with Crippen LogP contribution in [0.5, 0.6) is 0 Å². The Morgan fingerprint density at radius 2 is 2.00 bits per heavy atom. The van der Waals surface area contributed by atoms with Crippen molar-refractivity contribution in [1.82, 2.24) is 0 Å². The topological polar surface area (TPSA) is 20.2 Å². The molecule has 2 rings (SSSR count). The molecule has 2 heteroatoms. The van der Waals surface area contributed by atoms with E-state index in [4.69, 9.17) is 0 Å². The molecule has 1 aliphatic carbocycles. The van der Waals surface area contributed by atoms with Gasteiger partial charge in [0.05, 0.1) is 5.60 Å². The van der Waals surface area contributed by atoms with Gasteiger partial charge in [0.25, 0.3) is 0 Å². The molecule has 0 spiro atoms. The summed E-state index contributed by atoms with van der Waals surface area (Å²) in [7, 11) is 0. The molecule has 1 aliphatic rings. The first-order chi connectivity index (χ1) is 7.92. The minimum atomic E-state index is -0.970. The standard InChI is InChI=1S/C15H21FO/c1-10-4-5-14(16)13(8-10)15(17)7-6-11(2)12(3)9-15/h4-5,8,11-12,17H,6-7,9H2,1-3H3. The molecule has 1 saturated carbocycles. The fourth-order valence-electron chi connectivity index (χ4n) is 2.83.